The van der Waals surface area contributed by atoms with Crippen LogP contribution in [-0.2, 0) is 9.47 Å². The van der Waals surface area contributed by atoms with Gasteiger partial charge in [0.15, 0.2) is 0 Å². The fourth-order valence-electron chi connectivity index (χ4n) is 1.17. The van der Waals surface area contributed by atoms with Gasteiger partial charge in [-0.25, -0.2) is 9.97 Å². The van der Waals surface area contributed by atoms with Gasteiger partial charge in [0.2, 0.25) is 0 Å². The maximum absolute atomic E-state index is 11.6. The summed E-state index contributed by atoms with van der Waals surface area (Å²) in [6.07, 6.45) is 2.94. The lowest BCUT2D eigenvalue weighted by atomic mass is 10.4. The van der Waals surface area contributed by atoms with Crippen molar-refractivity contribution in [3.8, 4) is 0 Å². The predicted molar refractivity (Wildman–Crippen MR) is 66.6 cm³/mol. The summed E-state index contributed by atoms with van der Waals surface area (Å²) in [6, 6.07) is 0. The van der Waals surface area contributed by atoms with E-state index in [0.29, 0.717) is 32.1 Å². The van der Waals surface area contributed by atoms with Crippen LogP contribution in [0.5, 0.6) is 0 Å². The molecule has 0 fully saturated rings. The van der Waals surface area contributed by atoms with Crippen molar-refractivity contribution < 1.29 is 14.3 Å². The molecule has 100 valence electrons. The zero-order chi connectivity index (χ0) is 13.2. The van der Waals surface area contributed by atoms with Crippen molar-refractivity contribution in [2.24, 2.45) is 0 Å². The van der Waals surface area contributed by atoms with Crippen molar-refractivity contribution in [1.82, 2.24) is 15.3 Å². The molecule has 0 aliphatic heterocycles. The average molecular weight is 254 g/mol. The number of nitrogens with zero attached hydrogens (tertiary/aromatic N) is 2. The lowest BCUT2D eigenvalue weighted by Crippen LogP contribution is -2.27. The van der Waals surface area contributed by atoms with Crippen molar-refractivity contribution in [1.29, 1.82) is 0 Å². The third-order valence-corrected chi connectivity index (χ3v) is 2.09. The fraction of sp³-hybridized carbons (Fsp3) is 0.545. The first kappa shape index (κ1) is 14.3. The summed E-state index contributed by atoms with van der Waals surface area (Å²) >= 11 is 0. The molecule has 0 aromatic carbocycles. The maximum atomic E-state index is 11.6. The summed E-state index contributed by atoms with van der Waals surface area (Å²) in [5.74, 6) is 0.350. The lowest BCUT2D eigenvalue weighted by Gasteiger charge is -2.06. The molecule has 2 N–H and O–H groups in total. The molecular weight excluding hydrogens is 236 g/mol. The van der Waals surface area contributed by atoms with Crippen molar-refractivity contribution in [2.75, 3.05) is 45.8 Å². The molecule has 7 nitrogen and oxygen atoms in total. The highest BCUT2D eigenvalue weighted by Crippen LogP contribution is 2.00. The molecule has 0 aliphatic rings. The van der Waals surface area contributed by atoms with Crippen LogP contribution in [0.25, 0.3) is 0 Å². The van der Waals surface area contributed by atoms with E-state index in [9.17, 15) is 4.79 Å². The number of nitrogens with one attached hydrogen (secondary N) is 2. The van der Waals surface area contributed by atoms with E-state index >= 15 is 0 Å². The van der Waals surface area contributed by atoms with Crippen molar-refractivity contribution in [3.63, 3.8) is 0 Å². The normalized spacial score (nSPS) is 10.1. The van der Waals surface area contributed by atoms with Crippen LogP contribution in [0.1, 0.15) is 10.5 Å². The Hall–Kier alpha value is -1.73. The molecule has 0 unspecified atom stereocenters. The first-order chi connectivity index (χ1) is 8.77. The van der Waals surface area contributed by atoms with Crippen LogP contribution < -0.4 is 10.6 Å². The summed E-state index contributed by atoms with van der Waals surface area (Å²) < 4.78 is 9.72. The Bertz CT molecular complexity index is 356. The SMILES string of the molecule is COCCNC(=O)c1cnc(NCCOC)cn1. The van der Waals surface area contributed by atoms with E-state index in [1.807, 2.05) is 0 Å². The van der Waals surface area contributed by atoms with Crippen LogP contribution in [0.3, 0.4) is 0 Å². The van der Waals surface area contributed by atoms with Gasteiger partial charge in [-0.1, -0.05) is 0 Å². The van der Waals surface area contributed by atoms with Gasteiger partial charge in [-0.15, -0.1) is 0 Å². The van der Waals surface area contributed by atoms with Crippen LogP contribution in [0, 0.1) is 0 Å². The molecule has 1 heterocycles. The van der Waals surface area contributed by atoms with Gasteiger partial charge in [0, 0.05) is 27.3 Å². The van der Waals surface area contributed by atoms with E-state index in [2.05, 4.69) is 20.6 Å². The van der Waals surface area contributed by atoms with E-state index in [1.165, 1.54) is 12.4 Å². The first-order valence-corrected chi connectivity index (χ1v) is 5.60. The van der Waals surface area contributed by atoms with E-state index in [4.69, 9.17) is 9.47 Å². The van der Waals surface area contributed by atoms with Crippen molar-refractivity contribution in [2.45, 2.75) is 0 Å². The van der Waals surface area contributed by atoms with Gasteiger partial charge in [0.1, 0.15) is 11.5 Å². The molecule has 0 saturated carbocycles. The number of methoxy groups -OCH3 is 2. The maximum Gasteiger partial charge on any atom is 0.271 e. The van der Waals surface area contributed by atoms with E-state index in [-0.39, 0.29) is 11.6 Å². The van der Waals surface area contributed by atoms with Crippen molar-refractivity contribution >= 4 is 11.7 Å². The minimum Gasteiger partial charge on any atom is -0.383 e. The fourth-order valence-corrected chi connectivity index (χ4v) is 1.17. The van der Waals surface area contributed by atoms with Gasteiger partial charge < -0.3 is 20.1 Å². The van der Waals surface area contributed by atoms with Gasteiger partial charge in [-0.05, 0) is 0 Å². The van der Waals surface area contributed by atoms with Crippen LogP contribution >= 0.6 is 0 Å². The van der Waals surface area contributed by atoms with E-state index in [0.717, 1.165) is 0 Å². The van der Waals surface area contributed by atoms with Crippen LogP contribution in [-0.4, -0.2) is 56.4 Å². The second kappa shape index (κ2) is 8.37. The summed E-state index contributed by atoms with van der Waals surface area (Å²) in [5.41, 5.74) is 0.281. The number of carbonyl (C=O) groups is 1. The summed E-state index contributed by atoms with van der Waals surface area (Å²) in [4.78, 5) is 19.7. The minimum absolute atomic E-state index is 0.261. The van der Waals surface area contributed by atoms with Gasteiger partial charge in [-0.3, -0.25) is 4.79 Å². The highest BCUT2D eigenvalue weighted by atomic mass is 16.5. The Morgan fingerprint density at radius 3 is 2.50 bits per heavy atom. The number of carbonyl (C=O) groups excluding carboxylic acids is 1. The number of hydrogen-bond acceptors (Lipinski definition) is 6. The Morgan fingerprint density at radius 2 is 1.89 bits per heavy atom. The number of hydrogen-bond donors (Lipinski definition) is 2. The molecule has 0 bridgehead atoms. The van der Waals surface area contributed by atoms with Gasteiger partial charge in [-0.2, -0.15) is 0 Å². The largest absolute Gasteiger partial charge is 0.383 e. The number of amides is 1. The standard InChI is InChI=1S/C11H18N4O3/c1-17-5-3-12-10-8-14-9(7-15-10)11(16)13-4-6-18-2/h7-8H,3-6H2,1-2H3,(H,12,15)(H,13,16). The third-order valence-electron chi connectivity index (χ3n) is 2.09. The molecule has 0 spiro atoms. The second-order valence-electron chi connectivity index (χ2n) is 3.46. The molecule has 1 aromatic heterocycles. The number of ether oxygens (including phenoxy) is 2. The monoisotopic (exact) mass is 254 g/mol. The molecule has 1 rings (SSSR count). The Kier molecular flexibility index (Phi) is 6.67. The zero-order valence-corrected chi connectivity index (χ0v) is 10.6. The minimum atomic E-state index is -0.261. The molecule has 0 atom stereocenters. The highest BCUT2D eigenvalue weighted by Gasteiger charge is 2.06. The van der Waals surface area contributed by atoms with E-state index in [1.54, 1.807) is 14.2 Å². The average Bonchev–Trinajstić information content (AvgIpc) is 2.40. The topological polar surface area (TPSA) is 85.4 Å². The number of aromatic nitrogens is 2. The van der Waals surface area contributed by atoms with Crippen LogP contribution in [0.2, 0.25) is 0 Å². The molecule has 0 saturated heterocycles. The number of anilines is 1. The molecule has 1 aromatic rings. The van der Waals surface area contributed by atoms with Gasteiger partial charge >= 0.3 is 0 Å². The Balaban J connectivity index is 2.41. The summed E-state index contributed by atoms with van der Waals surface area (Å²) in [6.45, 7) is 2.15. The highest BCUT2D eigenvalue weighted by molar-refractivity contribution is 5.91. The van der Waals surface area contributed by atoms with Crippen LogP contribution in [0.15, 0.2) is 12.4 Å². The molecule has 18 heavy (non-hydrogen) atoms. The molecule has 1 amide bonds. The molecule has 0 radical (unpaired) electrons. The smallest absolute Gasteiger partial charge is 0.271 e. The first-order valence-electron chi connectivity index (χ1n) is 5.60. The number of rotatable bonds is 8. The summed E-state index contributed by atoms with van der Waals surface area (Å²) in [5, 5.41) is 5.68. The Morgan fingerprint density at radius 1 is 1.17 bits per heavy atom. The summed E-state index contributed by atoms with van der Waals surface area (Å²) in [7, 11) is 3.20. The second-order valence-corrected chi connectivity index (χ2v) is 3.46. The lowest BCUT2D eigenvalue weighted by molar-refractivity contribution is 0.0932. The van der Waals surface area contributed by atoms with E-state index < -0.39 is 0 Å². The zero-order valence-electron chi connectivity index (χ0n) is 10.6. The quantitative estimate of drug-likeness (QED) is 0.631. The van der Waals surface area contributed by atoms with Gasteiger partial charge in [0.25, 0.3) is 5.91 Å². The third kappa shape index (κ3) is 5.07. The molecular formula is C11H18N4O3. The molecule has 0 aliphatic carbocycles. The van der Waals surface area contributed by atoms with Crippen LogP contribution in [0.4, 0.5) is 5.82 Å². The van der Waals surface area contributed by atoms with Gasteiger partial charge in [0.05, 0.1) is 25.6 Å². The molecule has 7 heteroatoms. The predicted octanol–water partition coefficient (Wildman–Crippen LogP) is -0.0889. The Labute approximate surface area is 106 Å². The van der Waals surface area contributed by atoms with Crippen molar-refractivity contribution in [3.05, 3.63) is 18.1 Å².